The average molecular weight is 454 g/mol. The van der Waals surface area contributed by atoms with Crippen LogP contribution in [0.4, 0.5) is 10.1 Å². The van der Waals surface area contributed by atoms with Crippen LogP contribution < -0.4 is 10.6 Å². The molecule has 0 saturated carbocycles. The molecule has 2 aromatic rings. The second kappa shape index (κ2) is 9.64. The van der Waals surface area contributed by atoms with Crippen LogP contribution in [0.2, 0.25) is 0 Å². The van der Waals surface area contributed by atoms with E-state index in [2.05, 4.69) is 15.6 Å². The number of carbonyl (C=O) groups is 2. The zero-order valence-corrected chi connectivity index (χ0v) is 19.0. The van der Waals surface area contributed by atoms with Gasteiger partial charge in [0.25, 0.3) is 0 Å². The SMILES string of the molecule is CCOC(=O)c1sc(NC(=S)Nc2nc3c(s2)CCCC3)c(C(=O)OCC)c1C. The Morgan fingerprint density at radius 1 is 1.07 bits per heavy atom. The van der Waals surface area contributed by atoms with E-state index in [1.165, 1.54) is 11.3 Å². The van der Waals surface area contributed by atoms with Crippen LogP contribution in [0.15, 0.2) is 0 Å². The number of rotatable bonds is 6. The van der Waals surface area contributed by atoms with E-state index in [0.29, 0.717) is 26.1 Å². The van der Waals surface area contributed by atoms with E-state index < -0.39 is 11.9 Å². The maximum Gasteiger partial charge on any atom is 0.348 e. The van der Waals surface area contributed by atoms with Crippen molar-refractivity contribution in [1.29, 1.82) is 0 Å². The van der Waals surface area contributed by atoms with Gasteiger partial charge in [0.05, 0.1) is 24.5 Å². The maximum atomic E-state index is 12.5. The molecule has 2 aromatic heterocycles. The Labute approximate surface area is 182 Å². The normalized spacial score (nSPS) is 12.8. The lowest BCUT2D eigenvalue weighted by molar-refractivity contribution is 0.0527. The average Bonchev–Trinajstić information content (AvgIpc) is 3.22. The van der Waals surface area contributed by atoms with Crippen molar-refractivity contribution in [3.8, 4) is 0 Å². The Morgan fingerprint density at radius 2 is 1.76 bits per heavy atom. The molecule has 0 unspecified atom stereocenters. The largest absolute Gasteiger partial charge is 0.462 e. The second-order valence-electron chi connectivity index (χ2n) is 6.38. The molecule has 0 spiro atoms. The molecular weight excluding hydrogens is 430 g/mol. The minimum absolute atomic E-state index is 0.232. The van der Waals surface area contributed by atoms with Crippen LogP contribution in [-0.2, 0) is 22.3 Å². The van der Waals surface area contributed by atoms with E-state index in [9.17, 15) is 9.59 Å². The van der Waals surface area contributed by atoms with Gasteiger partial charge in [-0.1, -0.05) is 0 Å². The monoisotopic (exact) mass is 453 g/mol. The molecule has 10 heteroatoms. The molecule has 0 atom stereocenters. The van der Waals surface area contributed by atoms with Crippen LogP contribution in [0.1, 0.15) is 62.9 Å². The van der Waals surface area contributed by atoms with Gasteiger partial charge in [0.15, 0.2) is 10.2 Å². The molecule has 3 rings (SSSR count). The molecule has 2 N–H and O–H groups in total. The van der Waals surface area contributed by atoms with Crippen molar-refractivity contribution in [2.24, 2.45) is 0 Å². The van der Waals surface area contributed by atoms with E-state index >= 15 is 0 Å². The molecule has 0 bridgehead atoms. The number of hydrogen-bond donors (Lipinski definition) is 2. The first kappa shape index (κ1) is 21.7. The van der Waals surface area contributed by atoms with E-state index in [1.54, 1.807) is 32.1 Å². The number of ether oxygens (including phenoxy) is 2. The third-order valence-electron chi connectivity index (χ3n) is 4.38. The Bertz CT molecular complexity index is 912. The Hall–Kier alpha value is -2.04. The minimum Gasteiger partial charge on any atom is -0.462 e. The molecule has 7 nitrogen and oxygen atoms in total. The van der Waals surface area contributed by atoms with Crippen LogP contribution in [-0.4, -0.2) is 35.2 Å². The lowest BCUT2D eigenvalue weighted by Gasteiger charge is -2.09. The number of carbonyl (C=O) groups excluding carboxylic acids is 2. The number of aryl methyl sites for hydroxylation is 2. The van der Waals surface area contributed by atoms with Gasteiger partial charge in [-0.3, -0.25) is 0 Å². The summed E-state index contributed by atoms with van der Waals surface area (Å²) in [6, 6.07) is 0. The number of thiophene rings is 1. The van der Waals surface area contributed by atoms with Crippen molar-refractivity contribution in [3.05, 3.63) is 26.6 Å². The molecule has 156 valence electrons. The Kier molecular flexibility index (Phi) is 7.20. The van der Waals surface area contributed by atoms with Gasteiger partial charge < -0.3 is 20.1 Å². The highest BCUT2D eigenvalue weighted by Crippen LogP contribution is 2.35. The first-order valence-electron chi connectivity index (χ1n) is 9.48. The van der Waals surface area contributed by atoms with Gasteiger partial charge in [0, 0.05) is 4.88 Å². The third-order valence-corrected chi connectivity index (χ3v) is 6.84. The standard InChI is InChI=1S/C19H23N3O4S3/c1-4-25-16(23)13-10(3)14(17(24)26-5-2)29-15(13)21-18(27)22-19-20-11-8-6-7-9-12(11)28-19/h4-9H2,1-3H3,(H2,20,21,22,27). The van der Waals surface area contributed by atoms with Crippen molar-refractivity contribution in [1.82, 2.24) is 4.98 Å². The number of anilines is 2. The molecule has 0 fully saturated rings. The predicted octanol–water partition coefficient (Wildman–Crippen LogP) is 4.55. The van der Waals surface area contributed by atoms with Crippen molar-refractivity contribution in [2.75, 3.05) is 23.8 Å². The van der Waals surface area contributed by atoms with Crippen LogP contribution >= 0.6 is 34.9 Å². The number of esters is 2. The lowest BCUT2D eigenvalue weighted by atomic mass is 10.0. The molecule has 1 aliphatic carbocycles. The van der Waals surface area contributed by atoms with Gasteiger partial charge in [0.2, 0.25) is 0 Å². The minimum atomic E-state index is -0.508. The number of nitrogens with one attached hydrogen (secondary N) is 2. The molecule has 0 aromatic carbocycles. The van der Waals surface area contributed by atoms with E-state index in [-0.39, 0.29) is 13.2 Å². The van der Waals surface area contributed by atoms with Crippen molar-refractivity contribution >= 4 is 62.1 Å². The summed E-state index contributed by atoms with van der Waals surface area (Å²) in [6.07, 6.45) is 4.39. The molecule has 0 amide bonds. The van der Waals surface area contributed by atoms with Gasteiger partial charge in [-0.2, -0.15) is 0 Å². The quantitative estimate of drug-likeness (QED) is 0.486. The summed E-state index contributed by atoms with van der Waals surface area (Å²) < 4.78 is 10.3. The second-order valence-corrected chi connectivity index (χ2v) is 8.89. The number of fused-ring (bicyclic) bond motifs is 1. The van der Waals surface area contributed by atoms with E-state index in [1.807, 2.05) is 0 Å². The number of aromatic nitrogens is 1. The van der Waals surface area contributed by atoms with Crippen LogP contribution in [0.3, 0.4) is 0 Å². The fraction of sp³-hybridized carbons (Fsp3) is 0.474. The van der Waals surface area contributed by atoms with Crippen molar-refractivity contribution < 1.29 is 19.1 Å². The summed E-state index contributed by atoms with van der Waals surface area (Å²) in [7, 11) is 0. The molecule has 1 aliphatic rings. The zero-order valence-electron chi connectivity index (χ0n) is 16.5. The fourth-order valence-corrected chi connectivity index (χ4v) is 5.55. The predicted molar refractivity (Wildman–Crippen MR) is 120 cm³/mol. The summed E-state index contributed by atoms with van der Waals surface area (Å²) in [4.78, 5) is 31.0. The molecule has 0 radical (unpaired) electrons. The highest BCUT2D eigenvalue weighted by molar-refractivity contribution is 7.80. The summed E-state index contributed by atoms with van der Waals surface area (Å²) >= 11 is 8.15. The Balaban J connectivity index is 1.81. The summed E-state index contributed by atoms with van der Waals surface area (Å²) in [5.41, 5.74) is 1.94. The van der Waals surface area contributed by atoms with Gasteiger partial charge in [-0.15, -0.1) is 22.7 Å². The van der Waals surface area contributed by atoms with Crippen molar-refractivity contribution in [2.45, 2.75) is 46.5 Å². The topological polar surface area (TPSA) is 89.5 Å². The van der Waals surface area contributed by atoms with E-state index in [4.69, 9.17) is 21.7 Å². The molecule has 0 aliphatic heterocycles. The number of thiazole rings is 1. The summed E-state index contributed by atoms with van der Waals surface area (Å²) in [5, 5.41) is 7.61. The van der Waals surface area contributed by atoms with E-state index in [0.717, 1.165) is 41.4 Å². The van der Waals surface area contributed by atoms with Gasteiger partial charge in [0.1, 0.15) is 9.88 Å². The summed E-state index contributed by atoms with van der Waals surface area (Å²) in [5.74, 6) is -0.980. The first-order valence-corrected chi connectivity index (χ1v) is 11.5. The van der Waals surface area contributed by atoms with Crippen LogP contribution in [0.5, 0.6) is 0 Å². The Morgan fingerprint density at radius 3 is 2.45 bits per heavy atom. The smallest absolute Gasteiger partial charge is 0.348 e. The number of thiocarbonyl (C=S) groups is 1. The molecule has 0 saturated heterocycles. The number of nitrogens with zero attached hydrogens (tertiary/aromatic N) is 1. The highest BCUT2D eigenvalue weighted by Gasteiger charge is 2.27. The highest BCUT2D eigenvalue weighted by atomic mass is 32.1. The third kappa shape index (κ3) is 4.93. The van der Waals surface area contributed by atoms with Gasteiger partial charge in [-0.05, 0) is 64.2 Å². The van der Waals surface area contributed by atoms with Crippen LogP contribution in [0, 0.1) is 6.92 Å². The number of hydrogen-bond acceptors (Lipinski definition) is 8. The lowest BCUT2D eigenvalue weighted by Crippen LogP contribution is -2.20. The fourth-order valence-electron chi connectivity index (χ4n) is 3.08. The molecule has 2 heterocycles. The first-order chi connectivity index (χ1) is 13.9. The maximum absolute atomic E-state index is 12.5. The zero-order chi connectivity index (χ0) is 21.0. The van der Waals surface area contributed by atoms with Gasteiger partial charge in [-0.25, -0.2) is 14.6 Å². The van der Waals surface area contributed by atoms with Crippen LogP contribution in [0.25, 0.3) is 0 Å². The summed E-state index contributed by atoms with van der Waals surface area (Å²) in [6.45, 7) is 5.65. The molecular formula is C19H23N3O4S3. The van der Waals surface area contributed by atoms with Crippen molar-refractivity contribution in [3.63, 3.8) is 0 Å². The molecule has 29 heavy (non-hydrogen) atoms. The van der Waals surface area contributed by atoms with Gasteiger partial charge >= 0.3 is 11.9 Å².